The molecule has 0 aromatic carbocycles. The fraction of sp³-hybridized carbons (Fsp3) is 0.375. The van der Waals surface area contributed by atoms with E-state index in [0.717, 1.165) is 18.4 Å². The van der Waals surface area contributed by atoms with Gasteiger partial charge in [0.1, 0.15) is 0 Å². The quantitative estimate of drug-likeness (QED) is 0.599. The third kappa shape index (κ3) is 1.47. The zero-order chi connectivity index (χ0) is 7.56. The van der Waals surface area contributed by atoms with Crippen molar-refractivity contribution >= 4 is 5.97 Å². The predicted octanol–water partition coefficient (Wildman–Crippen LogP) is 1.74. The predicted molar refractivity (Wildman–Crippen MR) is 38.7 cm³/mol. The normalized spacial score (nSPS) is 17.7. The molecular formula is C8H10O2. The van der Waals surface area contributed by atoms with Gasteiger partial charge >= 0.3 is 5.97 Å². The number of carboxylic acids is 1. The van der Waals surface area contributed by atoms with E-state index >= 15 is 0 Å². The first-order chi connectivity index (χ1) is 4.70. The van der Waals surface area contributed by atoms with Gasteiger partial charge in [-0.2, -0.15) is 0 Å². The maximum atomic E-state index is 10.4. The molecule has 1 N–H and O–H groups in total. The molecule has 0 aromatic heterocycles. The van der Waals surface area contributed by atoms with Crippen LogP contribution in [0.1, 0.15) is 19.8 Å². The van der Waals surface area contributed by atoms with Crippen molar-refractivity contribution in [3.05, 3.63) is 23.3 Å². The van der Waals surface area contributed by atoms with Crippen molar-refractivity contribution in [3.8, 4) is 0 Å². The molecule has 0 atom stereocenters. The molecule has 2 heteroatoms. The van der Waals surface area contributed by atoms with E-state index < -0.39 is 5.97 Å². The van der Waals surface area contributed by atoms with Crippen molar-refractivity contribution in [2.75, 3.05) is 0 Å². The van der Waals surface area contributed by atoms with Gasteiger partial charge in [-0.1, -0.05) is 11.6 Å². The van der Waals surface area contributed by atoms with Gasteiger partial charge in [-0.05, 0) is 25.8 Å². The van der Waals surface area contributed by atoms with E-state index in [1.54, 1.807) is 12.2 Å². The SMILES string of the molecule is CC1=CC(C(=O)O)=CCC1. The highest BCUT2D eigenvalue weighted by Crippen LogP contribution is 2.16. The summed E-state index contributed by atoms with van der Waals surface area (Å²) in [5, 5.41) is 8.54. The van der Waals surface area contributed by atoms with Gasteiger partial charge in [0.05, 0.1) is 5.57 Å². The summed E-state index contributed by atoms with van der Waals surface area (Å²) in [6.45, 7) is 1.95. The lowest BCUT2D eigenvalue weighted by atomic mass is 10.0. The summed E-state index contributed by atoms with van der Waals surface area (Å²) in [7, 11) is 0. The summed E-state index contributed by atoms with van der Waals surface area (Å²) in [6, 6.07) is 0. The van der Waals surface area contributed by atoms with Gasteiger partial charge in [0.25, 0.3) is 0 Å². The molecule has 1 rings (SSSR count). The molecule has 0 heterocycles. The molecule has 0 aliphatic heterocycles. The number of aliphatic carboxylic acids is 1. The van der Waals surface area contributed by atoms with Crippen LogP contribution in [0.5, 0.6) is 0 Å². The van der Waals surface area contributed by atoms with Crippen LogP contribution in [0.2, 0.25) is 0 Å². The Morgan fingerprint density at radius 1 is 1.70 bits per heavy atom. The Balaban J connectivity index is 2.79. The second-order valence-corrected chi connectivity index (χ2v) is 2.49. The molecule has 0 spiro atoms. The molecule has 0 aromatic rings. The Morgan fingerprint density at radius 2 is 2.40 bits per heavy atom. The summed E-state index contributed by atoms with van der Waals surface area (Å²) >= 11 is 0. The van der Waals surface area contributed by atoms with Crippen molar-refractivity contribution in [2.45, 2.75) is 19.8 Å². The van der Waals surface area contributed by atoms with Gasteiger partial charge < -0.3 is 5.11 Å². The minimum atomic E-state index is -0.820. The second-order valence-electron chi connectivity index (χ2n) is 2.49. The summed E-state index contributed by atoms with van der Waals surface area (Å²) in [4.78, 5) is 10.4. The Labute approximate surface area is 59.9 Å². The van der Waals surface area contributed by atoms with Gasteiger partial charge in [0.15, 0.2) is 0 Å². The summed E-state index contributed by atoms with van der Waals surface area (Å²) in [5.41, 5.74) is 1.59. The highest BCUT2D eigenvalue weighted by molar-refractivity contribution is 5.90. The van der Waals surface area contributed by atoms with E-state index in [2.05, 4.69) is 0 Å². The number of rotatable bonds is 1. The van der Waals surface area contributed by atoms with Crippen LogP contribution in [-0.2, 0) is 4.79 Å². The first kappa shape index (κ1) is 7.06. The fourth-order valence-corrected chi connectivity index (χ4v) is 1.00. The number of hydrogen-bond donors (Lipinski definition) is 1. The third-order valence-corrected chi connectivity index (χ3v) is 1.55. The molecule has 1 aliphatic carbocycles. The topological polar surface area (TPSA) is 37.3 Å². The number of allylic oxidation sites excluding steroid dienone is 2. The largest absolute Gasteiger partial charge is 0.478 e. The van der Waals surface area contributed by atoms with Crippen LogP contribution in [0.15, 0.2) is 23.3 Å². The second kappa shape index (κ2) is 2.69. The third-order valence-electron chi connectivity index (χ3n) is 1.55. The first-order valence-electron chi connectivity index (χ1n) is 3.31. The smallest absolute Gasteiger partial charge is 0.335 e. The molecule has 0 amide bonds. The monoisotopic (exact) mass is 138 g/mol. The molecule has 1 aliphatic rings. The number of carboxylic acid groups (broad SMARTS) is 1. The molecule has 54 valence electrons. The van der Waals surface area contributed by atoms with Crippen molar-refractivity contribution in [1.82, 2.24) is 0 Å². The first-order valence-corrected chi connectivity index (χ1v) is 3.31. The van der Waals surface area contributed by atoms with Crippen molar-refractivity contribution in [1.29, 1.82) is 0 Å². The van der Waals surface area contributed by atoms with E-state index in [4.69, 9.17) is 5.11 Å². The van der Waals surface area contributed by atoms with Crippen molar-refractivity contribution in [3.63, 3.8) is 0 Å². The van der Waals surface area contributed by atoms with E-state index in [-0.39, 0.29) is 0 Å². The van der Waals surface area contributed by atoms with Crippen molar-refractivity contribution < 1.29 is 9.90 Å². The van der Waals surface area contributed by atoms with Crippen LogP contribution < -0.4 is 0 Å². The highest BCUT2D eigenvalue weighted by Gasteiger charge is 2.07. The van der Waals surface area contributed by atoms with E-state index in [0.29, 0.717) is 5.57 Å². The van der Waals surface area contributed by atoms with Crippen LogP contribution >= 0.6 is 0 Å². The number of carbonyl (C=O) groups is 1. The lowest BCUT2D eigenvalue weighted by Crippen LogP contribution is -2.01. The fourth-order valence-electron chi connectivity index (χ4n) is 1.00. The van der Waals surface area contributed by atoms with Crippen LogP contribution in [0.25, 0.3) is 0 Å². The van der Waals surface area contributed by atoms with Crippen LogP contribution in [0, 0.1) is 0 Å². The molecule has 0 saturated heterocycles. The lowest BCUT2D eigenvalue weighted by molar-refractivity contribution is -0.132. The van der Waals surface area contributed by atoms with Gasteiger partial charge in [-0.3, -0.25) is 0 Å². The lowest BCUT2D eigenvalue weighted by Gasteiger charge is -2.05. The van der Waals surface area contributed by atoms with E-state index in [1.807, 2.05) is 6.92 Å². The molecule has 2 nitrogen and oxygen atoms in total. The van der Waals surface area contributed by atoms with Gasteiger partial charge in [-0.25, -0.2) is 4.79 Å². The zero-order valence-electron chi connectivity index (χ0n) is 5.92. The average Bonchev–Trinajstić information content (AvgIpc) is 1.88. The van der Waals surface area contributed by atoms with E-state index in [9.17, 15) is 4.79 Å². The Kier molecular flexibility index (Phi) is 1.90. The van der Waals surface area contributed by atoms with E-state index in [1.165, 1.54) is 0 Å². The van der Waals surface area contributed by atoms with Gasteiger partial charge in [-0.15, -0.1) is 0 Å². The molecule has 0 saturated carbocycles. The number of hydrogen-bond acceptors (Lipinski definition) is 1. The summed E-state index contributed by atoms with van der Waals surface area (Å²) in [6.07, 6.45) is 5.35. The molecule has 10 heavy (non-hydrogen) atoms. The summed E-state index contributed by atoms with van der Waals surface area (Å²) < 4.78 is 0. The van der Waals surface area contributed by atoms with Crippen molar-refractivity contribution in [2.24, 2.45) is 0 Å². The molecule has 0 fully saturated rings. The van der Waals surface area contributed by atoms with Crippen LogP contribution in [0.3, 0.4) is 0 Å². The summed E-state index contributed by atoms with van der Waals surface area (Å²) in [5.74, 6) is -0.820. The maximum Gasteiger partial charge on any atom is 0.335 e. The van der Waals surface area contributed by atoms with Crippen LogP contribution in [0.4, 0.5) is 0 Å². The Morgan fingerprint density at radius 3 is 2.80 bits per heavy atom. The molecule has 0 unspecified atom stereocenters. The molecule has 0 radical (unpaired) electrons. The maximum absolute atomic E-state index is 10.4. The highest BCUT2D eigenvalue weighted by atomic mass is 16.4. The minimum Gasteiger partial charge on any atom is -0.478 e. The molecule has 0 bridgehead atoms. The standard InChI is InChI=1S/C8H10O2/c1-6-3-2-4-7(5-6)8(9)10/h4-5H,2-3H2,1H3,(H,9,10). The Hall–Kier alpha value is -1.05. The van der Waals surface area contributed by atoms with Crippen LogP contribution in [-0.4, -0.2) is 11.1 Å². The minimum absolute atomic E-state index is 0.434. The molecular weight excluding hydrogens is 128 g/mol. The zero-order valence-corrected chi connectivity index (χ0v) is 5.92. The van der Waals surface area contributed by atoms with Gasteiger partial charge in [0.2, 0.25) is 0 Å². The Bertz CT molecular complexity index is 211. The average molecular weight is 138 g/mol. The van der Waals surface area contributed by atoms with Gasteiger partial charge in [0, 0.05) is 0 Å².